The third-order valence-corrected chi connectivity index (χ3v) is 8.56. The lowest BCUT2D eigenvalue weighted by Crippen LogP contribution is -2.05. The molecule has 0 heterocycles. The lowest BCUT2D eigenvalue weighted by molar-refractivity contribution is 0.0693. The normalized spacial score (nSPS) is 11.9. The van der Waals surface area contributed by atoms with E-state index in [0.717, 1.165) is 28.3 Å². The molecule has 6 aromatic rings. The number of hydrogen-bond donors (Lipinski definition) is 5. The number of carbonyl (C=O) groups is 1. The molecular weight excluding hydrogens is 685 g/mol. The Bertz CT molecular complexity index is 2470. The van der Waals surface area contributed by atoms with E-state index in [9.17, 15) is 28.0 Å². The van der Waals surface area contributed by atoms with Crippen LogP contribution in [0.2, 0.25) is 0 Å². The molecular formula is C37H28N8O6S. The zero-order valence-corrected chi connectivity index (χ0v) is 27.8. The van der Waals surface area contributed by atoms with Crippen LogP contribution in [0, 0.1) is 0 Å². The summed E-state index contributed by atoms with van der Waals surface area (Å²) in [6.07, 6.45) is 0. The van der Waals surface area contributed by atoms with Crippen molar-refractivity contribution in [2.24, 2.45) is 30.7 Å². The van der Waals surface area contributed by atoms with Crippen molar-refractivity contribution in [3.8, 4) is 28.0 Å². The Labute approximate surface area is 296 Å². The number of carboxylic acid groups (broad SMARTS) is 1. The van der Waals surface area contributed by atoms with Crippen LogP contribution in [0.3, 0.4) is 0 Å². The summed E-state index contributed by atoms with van der Waals surface area (Å²) >= 11 is 0. The fourth-order valence-corrected chi connectivity index (χ4v) is 5.59. The predicted molar refractivity (Wildman–Crippen MR) is 196 cm³/mol. The van der Waals surface area contributed by atoms with Crippen molar-refractivity contribution in [2.45, 2.75) is 4.90 Å². The summed E-state index contributed by atoms with van der Waals surface area (Å²) in [6.45, 7) is 0. The van der Waals surface area contributed by atoms with Gasteiger partial charge in [0.15, 0.2) is 0 Å². The lowest BCUT2D eigenvalue weighted by atomic mass is 10.1. The van der Waals surface area contributed by atoms with Crippen molar-refractivity contribution in [1.29, 1.82) is 0 Å². The van der Waals surface area contributed by atoms with E-state index < -0.39 is 26.7 Å². The van der Waals surface area contributed by atoms with Crippen molar-refractivity contribution in [2.75, 3.05) is 11.5 Å². The smallest absolute Gasteiger partial charge is 0.339 e. The molecule has 0 aliphatic rings. The first kappa shape index (κ1) is 34.8. The van der Waals surface area contributed by atoms with Crippen LogP contribution in [0.25, 0.3) is 22.3 Å². The number of phenols is 1. The number of carboxylic acids is 1. The molecule has 0 aliphatic carbocycles. The molecule has 0 radical (unpaired) electrons. The quantitative estimate of drug-likeness (QED) is 0.0518. The van der Waals surface area contributed by atoms with Gasteiger partial charge in [0.05, 0.1) is 34.1 Å². The average molecular weight is 713 g/mol. The van der Waals surface area contributed by atoms with Crippen LogP contribution in [-0.4, -0.2) is 29.2 Å². The van der Waals surface area contributed by atoms with Crippen LogP contribution in [0.5, 0.6) is 5.75 Å². The fourth-order valence-electron chi connectivity index (χ4n) is 4.95. The second-order valence-corrected chi connectivity index (χ2v) is 12.5. The molecule has 0 aliphatic heterocycles. The van der Waals surface area contributed by atoms with E-state index in [2.05, 4.69) is 30.7 Å². The lowest BCUT2D eigenvalue weighted by Gasteiger charge is -2.10. The van der Waals surface area contributed by atoms with Crippen LogP contribution in [0.15, 0.2) is 163 Å². The van der Waals surface area contributed by atoms with Gasteiger partial charge >= 0.3 is 5.97 Å². The Kier molecular flexibility index (Phi) is 9.89. The maximum absolute atomic E-state index is 12.2. The molecule has 0 atom stereocenters. The van der Waals surface area contributed by atoms with Gasteiger partial charge in [-0.1, -0.05) is 66.7 Å². The van der Waals surface area contributed by atoms with E-state index in [-0.39, 0.29) is 34.1 Å². The minimum atomic E-state index is -4.79. The first-order valence-electron chi connectivity index (χ1n) is 15.3. The van der Waals surface area contributed by atoms with Crippen molar-refractivity contribution >= 4 is 61.6 Å². The molecule has 0 aromatic heterocycles. The highest BCUT2D eigenvalue weighted by Crippen LogP contribution is 2.43. The number of hydrogen-bond acceptors (Lipinski definition) is 12. The van der Waals surface area contributed by atoms with Crippen LogP contribution >= 0.6 is 0 Å². The molecule has 6 aromatic carbocycles. The maximum atomic E-state index is 12.2. The van der Waals surface area contributed by atoms with E-state index in [1.165, 1.54) is 18.2 Å². The van der Waals surface area contributed by atoms with Crippen molar-refractivity contribution in [3.63, 3.8) is 0 Å². The van der Waals surface area contributed by atoms with Gasteiger partial charge in [-0.15, -0.1) is 10.2 Å². The van der Waals surface area contributed by atoms with Gasteiger partial charge in [-0.2, -0.15) is 28.9 Å². The molecule has 14 nitrogen and oxygen atoms in total. The topological polar surface area (TPSA) is 238 Å². The van der Waals surface area contributed by atoms with Crippen molar-refractivity contribution in [1.82, 2.24) is 0 Å². The summed E-state index contributed by atoms with van der Waals surface area (Å²) in [5.74, 6) is -1.64. The molecule has 0 spiro atoms. The second-order valence-electron chi connectivity index (χ2n) is 11.2. The van der Waals surface area contributed by atoms with Gasteiger partial charge in [0.1, 0.15) is 27.6 Å². The van der Waals surface area contributed by atoms with E-state index in [4.69, 9.17) is 11.5 Å². The predicted octanol–water partition coefficient (Wildman–Crippen LogP) is 10.1. The highest BCUT2D eigenvalue weighted by Gasteiger charge is 2.22. The zero-order chi connectivity index (χ0) is 36.8. The van der Waals surface area contributed by atoms with E-state index in [1.54, 1.807) is 48.5 Å². The molecule has 0 saturated carbocycles. The van der Waals surface area contributed by atoms with Gasteiger partial charge in [0.25, 0.3) is 10.1 Å². The van der Waals surface area contributed by atoms with Gasteiger partial charge < -0.3 is 21.7 Å². The zero-order valence-electron chi connectivity index (χ0n) is 26.9. The van der Waals surface area contributed by atoms with Gasteiger partial charge in [-0.3, -0.25) is 4.55 Å². The highest BCUT2D eigenvalue weighted by molar-refractivity contribution is 7.86. The largest absolute Gasteiger partial charge is 0.507 e. The number of azo groups is 3. The molecule has 7 N–H and O–H groups in total. The first-order valence-corrected chi connectivity index (χ1v) is 16.8. The summed E-state index contributed by atoms with van der Waals surface area (Å²) < 4.78 is 34.2. The van der Waals surface area contributed by atoms with E-state index in [1.807, 2.05) is 54.6 Å². The fraction of sp³-hybridized carbons (Fsp3) is 0. The average Bonchev–Trinajstić information content (AvgIpc) is 3.14. The van der Waals surface area contributed by atoms with Crippen LogP contribution < -0.4 is 11.5 Å². The van der Waals surface area contributed by atoms with Gasteiger partial charge in [-0.05, 0) is 82.9 Å². The number of nitrogen functional groups attached to an aromatic ring is 2. The molecule has 0 bridgehead atoms. The number of anilines is 2. The van der Waals surface area contributed by atoms with Crippen LogP contribution in [-0.2, 0) is 10.1 Å². The molecule has 52 heavy (non-hydrogen) atoms. The molecule has 6 rings (SSSR count). The standard InChI is InChI=1S/C37H28N8O6S/c38-34-31(21-33(52(49,50)51)35(39)36(34)45-42-28-16-6-23(7-17-28)22-4-2-1-3-5-22)44-41-27-14-10-25(11-15-27)24-8-12-26(13-9-24)40-43-29-18-19-32(46)30(20-29)37(47)48/h1-21,46H,38-39H2,(H,47,48)(H,49,50,51). The molecule has 258 valence electrons. The number of aromatic carboxylic acids is 1. The number of nitrogens with two attached hydrogens (primary N) is 2. The SMILES string of the molecule is Nc1c(N=Nc2ccc(-c3ccc(N=Nc4ccc(O)c(C(=O)O)c4)cc3)cc2)cc(S(=O)(=O)O)c(N)c1N=Nc1ccc(-c2ccccc2)cc1. The van der Waals surface area contributed by atoms with Crippen molar-refractivity contribution < 1.29 is 28.0 Å². The second kappa shape index (κ2) is 14.8. The third-order valence-electron chi connectivity index (χ3n) is 7.67. The minimum absolute atomic E-state index is 0.0973. The summed E-state index contributed by atoms with van der Waals surface area (Å²) in [4.78, 5) is 10.6. The first-order chi connectivity index (χ1) is 25.0. The summed E-state index contributed by atoms with van der Waals surface area (Å²) in [7, 11) is -4.79. The Morgan fingerprint density at radius 1 is 0.538 bits per heavy atom. The third kappa shape index (κ3) is 8.02. The minimum Gasteiger partial charge on any atom is -0.507 e. The number of aromatic hydroxyl groups is 1. The Balaban J connectivity index is 1.19. The van der Waals surface area contributed by atoms with Gasteiger partial charge in [0.2, 0.25) is 0 Å². The summed E-state index contributed by atoms with van der Waals surface area (Å²) in [5.41, 5.74) is 16.6. The summed E-state index contributed by atoms with van der Waals surface area (Å²) in [6, 6.07) is 35.9. The monoisotopic (exact) mass is 712 g/mol. The number of benzene rings is 6. The van der Waals surface area contributed by atoms with E-state index in [0.29, 0.717) is 17.1 Å². The van der Waals surface area contributed by atoms with Gasteiger partial charge in [0, 0.05) is 0 Å². The Morgan fingerprint density at radius 2 is 0.981 bits per heavy atom. The van der Waals surface area contributed by atoms with Crippen LogP contribution in [0.1, 0.15) is 10.4 Å². The molecule has 0 fully saturated rings. The van der Waals surface area contributed by atoms with Crippen molar-refractivity contribution in [3.05, 3.63) is 133 Å². The Morgan fingerprint density at radius 3 is 1.48 bits per heavy atom. The maximum Gasteiger partial charge on any atom is 0.339 e. The molecule has 0 amide bonds. The summed E-state index contributed by atoms with van der Waals surface area (Å²) in [5, 5.41) is 43.6. The molecule has 15 heteroatoms. The molecule has 0 saturated heterocycles. The van der Waals surface area contributed by atoms with Gasteiger partial charge in [-0.25, -0.2) is 4.79 Å². The number of rotatable bonds is 10. The highest BCUT2D eigenvalue weighted by atomic mass is 32.2. The van der Waals surface area contributed by atoms with Crippen LogP contribution in [0.4, 0.5) is 45.5 Å². The number of nitrogens with zero attached hydrogens (tertiary/aromatic N) is 6. The van der Waals surface area contributed by atoms with E-state index >= 15 is 0 Å². The molecule has 0 unspecified atom stereocenters. The Hall–Kier alpha value is -7.10.